The summed E-state index contributed by atoms with van der Waals surface area (Å²) in [5.41, 5.74) is 0. The van der Waals surface area contributed by atoms with Crippen molar-refractivity contribution in [3.8, 4) is 0 Å². The third-order valence-corrected chi connectivity index (χ3v) is 2.70. The van der Waals surface area contributed by atoms with E-state index in [4.69, 9.17) is 0 Å². The van der Waals surface area contributed by atoms with Crippen molar-refractivity contribution < 1.29 is 21.6 Å². The molecule has 2 N–H and O–H groups in total. The van der Waals surface area contributed by atoms with Gasteiger partial charge in [-0.3, -0.25) is 0 Å². The highest BCUT2D eigenvalue weighted by Gasteiger charge is 2.47. The molecular weight excluding hydrogens is 207 g/mol. The van der Waals surface area contributed by atoms with Gasteiger partial charge in [-0.2, -0.15) is 13.2 Å². The van der Waals surface area contributed by atoms with Crippen LogP contribution in [0.3, 0.4) is 0 Å². The number of rotatable bonds is 3. The first kappa shape index (κ1) is 12.7. The van der Waals surface area contributed by atoms with Gasteiger partial charge in [0.2, 0.25) is 10.0 Å². The van der Waals surface area contributed by atoms with Crippen LogP contribution in [0.4, 0.5) is 13.2 Å². The minimum absolute atomic E-state index is 0.370. The van der Waals surface area contributed by atoms with Crippen LogP contribution in [0.15, 0.2) is 0 Å². The number of hydrogen-bond donors (Lipinski definition) is 1. The Morgan fingerprint density at radius 1 is 1.31 bits per heavy atom. The molecule has 0 radical (unpaired) electrons. The van der Waals surface area contributed by atoms with E-state index in [9.17, 15) is 21.6 Å². The molecule has 3 nitrogen and oxygen atoms in total. The molecule has 0 aliphatic rings. The number of sulfonamides is 1. The summed E-state index contributed by atoms with van der Waals surface area (Å²) in [7, 11) is -4.54. The molecule has 0 fully saturated rings. The van der Waals surface area contributed by atoms with Gasteiger partial charge in [-0.25, -0.2) is 13.6 Å². The highest BCUT2D eigenvalue weighted by Crippen LogP contribution is 2.29. The lowest BCUT2D eigenvalue weighted by Crippen LogP contribution is -2.41. The smallest absolute Gasteiger partial charge is 0.228 e. The molecule has 0 saturated heterocycles. The Hall–Kier alpha value is -0.300. The second-order valence-corrected chi connectivity index (χ2v) is 5.00. The molecule has 0 aromatic heterocycles. The van der Waals surface area contributed by atoms with E-state index >= 15 is 0 Å². The van der Waals surface area contributed by atoms with E-state index in [1.54, 1.807) is 0 Å². The molecule has 0 aliphatic carbocycles. The first-order valence-electron chi connectivity index (χ1n) is 3.63. The van der Waals surface area contributed by atoms with Crippen molar-refractivity contribution in [1.82, 2.24) is 0 Å². The third-order valence-electron chi connectivity index (χ3n) is 1.45. The van der Waals surface area contributed by atoms with Crippen molar-refractivity contribution in [3.05, 3.63) is 0 Å². The number of primary sulfonamides is 1. The summed E-state index contributed by atoms with van der Waals surface area (Å²) in [6, 6.07) is 0. The maximum absolute atomic E-state index is 12.1. The SMILES string of the molecule is CC(C)CC(C(F)(F)F)S(N)(=O)=O. The first-order valence-corrected chi connectivity index (χ1v) is 5.24. The fourth-order valence-corrected chi connectivity index (χ4v) is 1.91. The Kier molecular flexibility index (Phi) is 3.74. The van der Waals surface area contributed by atoms with E-state index in [1.165, 1.54) is 13.8 Å². The average Bonchev–Trinajstić information content (AvgIpc) is 1.77. The van der Waals surface area contributed by atoms with Crippen LogP contribution in [-0.2, 0) is 10.0 Å². The third kappa shape index (κ3) is 4.47. The number of nitrogens with two attached hydrogens (primary N) is 1. The zero-order valence-electron chi connectivity index (χ0n) is 7.30. The molecule has 0 aromatic carbocycles. The van der Waals surface area contributed by atoms with Crippen LogP contribution in [0.2, 0.25) is 0 Å². The van der Waals surface area contributed by atoms with Crippen LogP contribution in [0.25, 0.3) is 0 Å². The van der Waals surface area contributed by atoms with Crippen LogP contribution in [0, 0.1) is 5.92 Å². The Morgan fingerprint density at radius 2 is 1.69 bits per heavy atom. The van der Waals surface area contributed by atoms with Gasteiger partial charge in [-0.15, -0.1) is 0 Å². The molecule has 7 heteroatoms. The molecule has 0 saturated carbocycles. The summed E-state index contributed by atoms with van der Waals surface area (Å²) >= 11 is 0. The maximum atomic E-state index is 12.1. The fourth-order valence-electron chi connectivity index (χ4n) is 0.882. The summed E-state index contributed by atoms with van der Waals surface area (Å²) in [6.07, 6.45) is -5.28. The fraction of sp³-hybridized carbons (Fsp3) is 1.00. The molecular formula is C6H12F3NO2S. The summed E-state index contributed by atoms with van der Waals surface area (Å²) in [6.45, 7) is 3.01. The van der Waals surface area contributed by atoms with Gasteiger partial charge in [-0.1, -0.05) is 13.8 Å². The molecule has 1 unspecified atom stereocenters. The van der Waals surface area contributed by atoms with Gasteiger partial charge < -0.3 is 0 Å². The van der Waals surface area contributed by atoms with Gasteiger partial charge in [0.25, 0.3) is 0 Å². The van der Waals surface area contributed by atoms with Crippen LogP contribution in [0.1, 0.15) is 20.3 Å². The Labute approximate surface area is 75.2 Å². The first-order chi connectivity index (χ1) is 5.55. The predicted molar refractivity (Wildman–Crippen MR) is 42.4 cm³/mol. The molecule has 0 spiro atoms. The van der Waals surface area contributed by atoms with Gasteiger partial charge in [-0.05, 0) is 12.3 Å². The minimum atomic E-state index is -4.78. The van der Waals surface area contributed by atoms with Crippen LogP contribution >= 0.6 is 0 Å². The van der Waals surface area contributed by atoms with E-state index in [1.807, 2.05) is 0 Å². The number of alkyl halides is 3. The highest BCUT2D eigenvalue weighted by atomic mass is 32.2. The van der Waals surface area contributed by atoms with Crippen molar-refractivity contribution >= 4 is 10.0 Å². The average molecular weight is 219 g/mol. The zero-order chi connectivity index (χ0) is 10.9. The monoisotopic (exact) mass is 219 g/mol. The van der Waals surface area contributed by atoms with Crippen molar-refractivity contribution in [2.75, 3.05) is 0 Å². The second-order valence-electron chi connectivity index (χ2n) is 3.25. The Balaban J connectivity index is 4.80. The molecule has 0 amide bonds. The predicted octanol–water partition coefficient (Wildman–Crippen LogP) is 1.25. The lowest BCUT2D eigenvalue weighted by molar-refractivity contribution is -0.133. The van der Waals surface area contributed by atoms with Crippen molar-refractivity contribution in [1.29, 1.82) is 0 Å². The van der Waals surface area contributed by atoms with Gasteiger partial charge >= 0.3 is 6.18 Å². The highest BCUT2D eigenvalue weighted by molar-refractivity contribution is 7.89. The van der Waals surface area contributed by atoms with Crippen molar-refractivity contribution in [3.63, 3.8) is 0 Å². The van der Waals surface area contributed by atoms with Crippen molar-refractivity contribution in [2.24, 2.45) is 11.1 Å². The molecule has 0 rings (SSSR count). The zero-order valence-corrected chi connectivity index (χ0v) is 8.11. The standard InChI is InChI=1S/C6H12F3NO2S/c1-4(2)3-5(6(7,8)9)13(10,11)12/h4-5H,3H2,1-2H3,(H2,10,11,12). The molecule has 0 aliphatic heterocycles. The largest absolute Gasteiger partial charge is 0.406 e. The van der Waals surface area contributed by atoms with E-state index in [0.717, 1.165) is 0 Å². The number of hydrogen-bond acceptors (Lipinski definition) is 2. The summed E-state index contributed by atoms with van der Waals surface area (Å²) in [5.74, 6) is -0.370. The quantitative estimate of drug-likeness (QED) is 0.776. The van der Waals surface area contributed by atoms with E-state index < -0.39 is 27.9 Å². The Morgan fingerprint density at radius 3 is 1.77 bits per heavy atom. The van der Waals surface area contributed by atoms with E-state index in [-0.39, 0.29) is 5.92 Å². The molecule has 0 aromatic rings. The molecule has 0 heterocycles. The topological polar surface area (TPSA) is 60.2 Å². The van der Waals surface area contributed by atoms with Gasteiger partial charge in [0, 0.05) is 0 Å². The van der Waals surface area contributed by atoms with E-state index in [0.29, 0.717) is 0 Å². The maximum Gasteiger partial charge on any atom is 0.406 e. The van der Waals surface area contributed by atoms with Crippen molar-refractivity contribution in [2.45, 2.75) is 31.7 Å². The Bertz CT molecular complexity index is 258. The van der Waals surface area contributed by atoms with Crippen LogP contribution in [0.5, 0.6) is 0 Å². The molecule has 0 bridgehead atoms. The second kappa shape index (κ2) is 3.83. The molecule has 1 atom stereocenters. The minimum Gasteiger partial charge on any atom is -0.228 e. The summed E-state index contributed by atoms with van der Waals surface area (Å²) in [5, 5.41) is 2.02. The lowest BCUT2D eigenvalue weighted by atomic mass is 10.1. The van der Waals surface area contributed by atoms with E-state index in [2.05, 4.69) is 5.14 Å². The molecule has 13 heavy (non-hydrogen) atoms. The van der Waals surface area contributed by atoms with Gasteiger partial charge in [0.05, 0.1) is 0 Å². The van der Waals surface area contributed by atoms with Crippen LogP contribution < -0.4 is 5.14 Å². The normalized spacial score (nSPS) is 16.2. The van der Waals surface area contributed by atoms with Gasteiger partial charge in [0.1, 0.15) is 0 Å². The summed E-state index contributed by atoms with van der Waals surface area (Å²) < 4.78 is 57.5. The lowest BCUT2D eigenvalue weighted by Gasteiger charge is -2.19. The van der Waals surface area contributed by atoms with Crippen LogP contribution in [-0.4, -0.2) is 19.8 Å². The molecule has 80 valence electrons. The van der Waals surface area contributed by atoms with Gasteiger partial charge in [0.15, 0.2) is 5.25 Å². The summed E-state index contributed by atoms with van der Waals surface area (Å²) in [4.78, 5) is 0. The number of halogens is 3.